The average Bonchev–Trinajstić information content (AvgIpc) is 2.52. The molecule has 0 aromatic carbocycles. The molecular weight excluding hydrogens is 204 g/mol. The van der Waals surface area contributed by atoms with Crippen LogP contribution in [0, 0.1) is 5.92 Å². The summed E-state index contributed by atoms with van der Waals surface area (Å²) >= 11 is 0. The van der Waals surface area contributed by atoms with Crippen LogP contribution in [0.1, 0.15) is 6.42 Å². The van der Waals surface area contributed by atoms with E-state index in [-0.39, 0.29) is 0 Å². The van der Waals surface area contributed by atoms with Gasteiger partial charge in [-0.05, 0) is 12.3 Å². The molecule has 1 fully saturated rings. The summed E-state index contributed by atoms with van der Waals surface area (Å²) in [7, 11) is -3.01. The lowest BCUT2D eigenvalue weighted by atomic mass is 10.1. The van der Waals surface area contributed by atoms with E-state index in [1.54, 1.807) is 0 Å². The number of ether oxygens (including phenoxy) is 1. The summed E-state index contributed by atoms with van der Waals surface area (Å²) in [6.07, 6.45) is 2.13. The fourth-order valence-electron chi connectivity index (χ4n) is 1.57. The molecule has 0 aromatic rings. The second kappa shape index (κ2) is 5.06. The van der Waals surface area contributed by atoms with Gasteiger partial charge in [-0.1, -0.05) is 0 Å². The Labute approximate surface area is 85.3 Å². The summed E-state index contributed by atoms with van der Waals surface area (Å²) < 4.78 is 29.1. The molecule has 0 spiro atoms. The van der Waals surface area contributed by atoms with E-state index in [9.17, 15) is 8.42 Å². The fourth-order valence-corrected chi connectivity index (χ4v) is 2.49. The van der Waals surface area contributed by atoms with Crippen LogP contribution in [-0.4, -0.2) is 51.8 Å². The molecule has 14 heavy (non-hydrogen) atoms. The van der Waals surface area contributed by atoms with Crippen LogP contribution in [0.25, 0.3) is 0 Å². The molecular formula is C8H18N2O3S. The molecule has 2 N–H and O–H groups in total. The van der Waals surface area contributed by atoms with Crippen LogP contribution in [0.4, 0.5) is 0 Å². The highest BCUT2D eigenvalue weighted by Crippen LogP contribution is 2.18. The molecule has 1 aliphatic rings. The van der Waals surface area contributed by atoms with Crippen molar-refractivity contribution in [2.75, 3.05) is 39.1 Å². The Balaban J connectivity index is 2.28. The van der Waals surface area contributed by atoms with E-state index in [4.69, 9.17) is 10.5 Å². The summed E-state index contributed by atoms with van der Waals surface area (Å²) in [6, 6.07) is 0. The van der Waals surface area contributed by atoms with Crippen molar-refractivity contribution in [3.05, 3.63) is 0 Å². The van der Waals surface area contributed by atoms with Gasteiger partial charge in [0, 0.05) is 19.6 Å². The lowest BCUT2D eigenvalue weighted by Gasteiger charge is -2.13. The van der Waals surface area contributed by atoms with Gasteiger partial charge in [0.25, 0.3) is 0 Å². The maximum absolute atomic E-state index is 11.2. The molecule has 1 aliphatic heterocycles. The summed E-state index contributed by atoms with van der Waals surface area (Å²) in [5, 5.41) is 0. The van der Waals surface area contributed by atoms with Gasteiger partial charge in [-0.25, -0.2) is 12.7 Å². The molecule has 1 rings (SSSR count). The fraction of sp³-hybridized carbons (Fsp3) is 1.00. The maximum atomic E-state index is 11.2. The molecule has 5 nitrogen and oxygen atoms in total. The zero-order valence-electron chi connectivity index (χ0n) is 8.48. The molecule has 0 aromatic heterocycles. The summed E-state index contributed by atoms with van der Waals surface area (Å²) in [6.45, 7) is 2.89. The highest BCUT2D eigenvalue weighted by atomic mass is 32.2. The summed E-state index contributed by atoms with van der Waals surface area (Å²) in [5.74, 6) is 0.330. The van der Waals surface area contributed by atoms with E-state index in [0.29, 0.717) is 38.8 Å². The van der Waals surface area contributed by atoms with E-state index in [1.165, 1.54) is 10.6 Å². The molecule has 0 saturated carbocycles. The number of sulfonamides is 1. The zero-order chi connectivity index (χ0) is 10.6. The van der Waals surface area contributed by atoms with Gasteiger partial charge >= 0.3 is 0 Å². The van der Waals surface area contributed by atoms with Crippen molar-refractivity contribution in [2.24, 2.45) is 11.7 Å². The zero-order valence-corrected chi connectivity index (χ0v) is 9.29. The van der Waals surface area contributed by atoms with Crippen LogP contribution in [-0.2, 0) is 14.8 Å². The van der Waals surface area contributed by atoms with Crippen LogP contribution < -0.4 is 5.73 Å². The molecule has 1 atom stereocenters. The van der Waals surface area contributed by atoms with E-state index in [2.05, 4.69) is 0 Å². The Hall–Kier alpha value is -0.170. The highest BCUT2D eigenvalue weighted by Gasteiger charge is 2.28. The van der Waals surface area contributed by atoms with Crippen LogP contribution >= 0.6 is 0 Å². The van der Waals surface area contributed by atoms with Gasteiger partial charge in [-0.15, -0.1) is 0 Å². The van der Waals surface area contributed by atoms with Gasteiger partial charge in [-0.2, -0.15) is 0 Å². The summed E-state index contributed by atoms with van der Waals surface area (Å²) in [5.41, 5.74) is 5.28. The Morgan fingerprint density at radius 2 is 2.29 bits per heavy atom. The number of nitrogens with zero attached hydrogens (tertiary/aromatic N) is 1. The first-order chi connectivity index (χ1) is 6.54. The third kappa shape index (κ3) is 3.53. The van der Waals surface area contributed by atoms with Crippen molar-refractivity contribution in [1.29, 1.82) is 0 Å². The quantitative estimate of drug-likeness (QED) is 0.621. The van der Waals surface area contributed by atoms with Gasteiger partial charge in [0.05, 0.1) is 19.5 Å². The third-order valence-electron chi connectivity index (χ3n) is 2.33. The highest BCUT2D eigenvalue weighted by molar-refractivity contribution is 7.88. The van der Waals surface area contributed by atoms with Crippen LogP contribution in [0.15, 0.2) is 0 Å². The molecule has 0 bridgehead atoms. The van der Waals surface area contributed by atoms with Crippen molar-refractivity contribution in [3.63, 3.8) is 0 Å². The van der Waals surface area contributed by atoms with Gasteiger partial charge in [0.1, 0.15) is 0 Å². The Morgan fingerprint density at radius 3 is 2.79 bits per heavy atom. The lowest BCUT2D eigenvalue weighted by Crippen LogP contribution is -2.28. The van der Waals surface area contributed by atoms with Crippen molar-refractivity contribution in [1.82, 2.24) is 4.31 Å². The molecule has 1 heterocycles. The standard InChI is InChI=1S/C8H18N2O3S/c1-14(11,12)10-4-2-8(6-10)7-13-5-3-9/h8H,2-7,9H2,1H3. The summed E-state index contributed by atoms with van der Waals surface area (Å²) in [4.78, 5) is 0. The van der Waals surface area contributed by atoms with E-state index in [0.717, 1.165) is 6.42 Å². The smallest absolute Gasteiger partial charge is 0.211 e. The van der Waals surface area contributed by atoms with Crippen molar-refractivity contribution in [2.45, 2.75) is 6.42 Å². The molecule has 84 valence electrons. The Morgan fingerprint density at radius 1 is 1.57 bits per heavy atom. The molecule has 6 heteroatoms. The first kappa shape index (κ1) is 11.9. The normalized spacial score (nSPS) is 24.3. The molecule has 0 radical (unpaired) electrons. The van der Waals surface area contributed by atoms with E-state index < -0.39 is 10.0 Å². The number of nitrogens with two attached hydrogens (primary N) is 1. The molecule has 1 unspecified atom stereocenters. The average molecular weight is 222 g/mol. The predicted octanol–water partition coefficient (Wildman–Crippen LogP) is -0.757. The largest absolute Gasteiger partial charge is 0.380 e. The second-order valence-corrected chi connectivity index (χ2v) is 5.62. The number of hydrogen-bond acceptors (Lipinski definition) is 4. The SMILES string of the molecule is CS(=O)(=O)N1CCC(COCCN)C1. The lowest BCUT2D eigenvalue weighted by molar-refractivity contribution is 0.110. The van der Waals surface area contributed by atoms with Crippen molar-refractivity contribution < 1.29 is 13.2 Å². The first-order valence-electron chi connectivity index (χ1n) is 4.77. The first-order valence-corrected chi connectivity index (χ1v) is 6.62. The monoisotopic (exact) mass is 222 g/mol. The number of hydrogen-bond donors (Lipinski definition) is 1. The minimum Gasteiger partial charge on any atom is -0.380 e. The van der Waals surface area contributed by atoms with Crippen LogP contribution in [0.2, 0.25) is 0 Å². The Kier molecular flexibility index (Phi) is 4.31. The Bertz CT molecular complexity index is 266. The third-order valence-corrected chi connectivity index (χ3v) is 3.60. The van der Waals surface area contributed by atoms with Crippen molar-refractivity contribution in [3.8, 4) is 0 Å². The van der Waals surface area contributed by atoms with Crippen molar-refractivity contribution >= 4 is 10.0 Å². The van der Waals surface area contributed by atoms with Gasteiger partial charge in [0.2, 0.25) is 10.0 Å². The predicted molar refractivity (Wildman–Crippen MR) is 54.4 cm³/mol. The maximum Gasteiger partial charge on any atom is 0.211 e. The molecule has 1 saturated heterocycles. The molecule has 0 aliphatic carbocycles. The number of rotatable bonds is 5. The van der Waals surface area contributed by atoms with Gasteiger partial charge in [-0.3, -0.25) is 0 Å². The minimum absolute atomic E-state index is 0.330. The second-order valence-electron chi connectivity index (χ2n) is 3.64. The van der Waals surface area contributed by atoms with Gasteiger partial charge in [0.15, 0.2) is 0 Å². The van der Waals surface area contributed by atoms with Gasteiger partial charge < -0.3 is 10.5 Å². The van der Waals surface area contributed by atoms with Crippen LogP contribution in [0.3, 0.4) is 0 Å². The van der Waals surface area contributed by atoms with E-state index in [1.807, 2.05) is 0 Å². The molecule has 0 amide bonds. The topological polar surface area (TPSA) is 72.6 Å². The minimum atomic E-state index is -3.01. The van der Waals surface area contributed by atoms with Crippen LogP contribution in [0.5, 0.6) is 0 Å². The van der Waals surface area contributed by atoms with E-state index >= 15 is 0 Å².